The highest BCUT2D eigenvalue weighted by Gasteiger charge is 2.18. The summed E-state index contributed by atoms with van der Waals surface area (Å²) in [5.74, 6) is -0.124. The van der Waals surface area contributed by atoms with Gasteiger partial charge in [0.25, 0.3) is 5.91 Å². The molecule has 0 saturated heterocycles. The van der Waals surface area contributed by atoms with Gasteiger partial charge in [-0.05, 0) is 42.3 Å². The second-order valence-electron chi connectivity index (χ2n) is 5.94. The zero-order valence-corrected chi connectivity index (χ0v) is 14.0. The highest BCUT2D eigenvalue weighted by molar-refractivity contribution is 7.17. The zero-order chi connectivity index (χ0) is 16.4. The van der Waals surface area contributed by atoms with E-state index in [4.69, 9.17) is 0 Å². The van der Waals surface area contributed by atoms with Crippen LogP contribution in [-0.4, -0.2) is 28.5 Å². The molecule has 5 nitrogen and oxygen atoms in total. The van der Waals surface area contributed by atoms with E-state index in [1.165, 1.54) is 28.9 Å². The molecule has 1 unspecified atom stereocenters. The molecule has 2 N–H and O–H groups in total. The molecule has 1 amide bonds. The molecular weight excluding hydrogens is 320 g/mol. The maximum Gasteiger partial charge on any atom is 0.271 e. The van der Waals surface area contributed by atoms with Gasteiger partial charge in [0.15, 0.2) is 0 Å². The fourth-order valence-electron chi connectivity index (χ4n) is 3.11. The van der Waals surface area contributed by atoms with E-state index in [-0.39, 0.29) is 5.91 Å². The predicted molar refractivity (Wildman–Crippen MR) is 96.5 cm³/mol. The number of rotatable bonds is 4. The SMILES string of the molecule is O=C(NCCC1CCc2ccccc2N1)c1ncnc2ccsc12. The number of hydrogen-bond donors (Lipinski definition) is 2. The molecule has 0 spiro atoms. The van der Waals surface area contributed by atoms with Crippen LogP contribution >= 0.6 is 11.3 Å². The first kappa shape index (κ1) is 15.1. The molecule has 0 fully saturated rings. The molecule has 0 aliphatic carbocycles. The number of aromatic nitrogens is 2. The van der Waals surface area contributed by atoms with Crippen molar-refractivity contribution in [3.05, 3.63) is 53.3 Å². The first-order chi connectivity index (χ1) is 11.8. The van der Waals surface area contributed by atoms with Gasteiger partial charge in [-0.3, -0.25) is 4.79 Å². The Kier molecular flexibility index (Phi) is 4.13. The predicted octanol–water partition coefficient (Wildman–Crippen LogP) is 3.24. The summed E-state index contributed by atoms with van der Waals surface area (Å²) in [7, 11) is 0. The molecule has 1 atom stereocenters. The topological polar surface area (TPSA) is 66.9 Å². The molecule has 6 heteroatoms. The maximum absolute atomic E-state index is 12.4. The van der Waals surface area contributed by atoms with Crippen molar-refractivity contribution >= 4 is 33.1 Å². The van der Waals surface area contributed by atoms with Crippen LogP contribution in [0.4, 0.5) is 5.69 Å². The summed E-state index contributed by atoms with van der Waals surface area (Å²) < 4.78 is 0.847. The van der Waals surface area contributed by atoms with E-state index in [2.05, 4.69) is 44.9 Å². The number of hydrogen-bond acceptors (Lipinski definition) is 5. The molecule has 3 heterocycles. The monoisotopic (exact) mass is 338 g/mol. The average molecular weight is 338 g/mol. The fraction of sp³-hybridized carbons (Fsp3) is 0.278. The number of benzene rings is 1. The smallest absolute Gasteiger partial charge is 0.271 e. The number of nitrogens with one attached hydrogen (secondary N) is 2. The van der Waals surface area contributed by atoms with Crippen LogP contribution in [-0.2, 0) is 6.42 Å². The standard InChI is InChI=1S/C18H18N4OS/c23-18(16-17-15(8-10-24-17)20-11-21-16)19-9-7-13-6-5-12-3-1-2-4-14(12)22-13/h1-4,8,10-11,13,22H,5-7,9H2,(H,19,23). The Morgan fingerprint density at radius 1 is 1.29 bits per heavy atom. The Morgan fingerprint density at radius 3 is 3.17 bits per heavy atom. The zero-order valence-electron chi connectivity index (χ0n) is 13.2. The number of thiophene rings is 1. The Bertz CT molecular complexity index is 876. The molecule has 1 aliphatic heterocycles. The molecular formula is C18H18N4OS. The molecule has 24 heavy (non-hydrogen) atoms. The maximum atomic E-state index is 12.4. The second kappa shape index (κ2) is 6.57. The van der Waals surface area contributed by atoms with Gasteiger partial charge in [-0.25, -0.2) is 9.97 Å². The van der Waals surface area contributed by atoms with E-state index < -0.39 is 0 Å². The highest BCUT2D eigenvalue weighted by Crippen LogP contribution is 2.25. The quantitative estimate of drug-likeness (QED) is 0.766. The fourth-order valence-corrected chi connectivity index (χ4v) is 3.94. The summed E-state index contributed by atoms with van der Waals surface area (Å²) in [5, 5.41) is 8.48. The average Bonchev–Trinajstić information content (AvgIpc) is 3.10. The van der Waals surface area contributed by atoms with Crippen molar-refractivity contribution in [3.8, 4) is 0 Å². The van der Waals surface area contributed by atoms with E-state index >= 15 is 0 Å². The second-order valence-corrected chi connectivity index (χ2v) is 6.86. The summed E-state index contributed by atoms with van der Waals surface area (Å²) in [6, 6.07) is 10.7. The summed E-state index contributed by atoms with van der Waals surface area (Å²) >= 11 is 1.50. The minimum absolute atomic E-state index is 0.124. The van der Waals surface area contributed by atoms with E-state index in [9.17, 15) is 4.79 Å². The number of carbonyl (C=O) groups is 1. The van der Waals surface area contributed by atoms with Gasteiger partial charge >= 0.3 is 0 Å². The van der Waals surface area contributed by atoms with Crippen LogP contribution in [0.2, 0.25) is 0 Å². The third-order valence-corrected chi connectivity index (χ3v) is 5.29. The number of amides is 1. The van der Waals surface area contributed by atoms with Crippen molar-refractivity contribution in [1.29, 1.82) is 0 Å². The Labute approximate surface area is 144 Å². The van der Waals surface area contributed by atoms with Gasteiger partial charge in [0, 0.05) is 18.3 Å². The summed E-state index contributed by atoms with van der Waals surface area (Å²) in [4.78, 5) is 20.7. The molecule has 1 aliphatic rings. The van der Waals surface area contributed by atoms with Gasteiger partial charge < -0.3 is 10.6 Å². The Hall–Kier alpha value is -2.47. The number of carbonyl (C=O) groups excluding carboxylic acids is 1. The van der Waals surface area contributed by atoms with Crippen LogP contribution in [0.25, 0.3) is 10.2 Å². The van der Waals surface area contributed by atoms with Gasteiger partial charge in [-0.2, -0.15) is 0 Å². The Balaban J connectivity index is 1.35. The van der Waals surface area contributed by atoms with Crippen LogP contribution in [0.1, 0.15) is 28.9 Å². The summed E-state index contributed by atoms with van der Waals surface area (Å²) in [6.45, 7) is 0.634. The van der Waals surface area contributed by atoms with Crippen LogP contribution in [0.3, 0.4) is 0 Å². The lowest BCUT2D eigenvalue weighted by atomic mass is 9.96. The molecule has 1 aromatic carbocycles. The van der Waals surface area contributed by atoms with Crippen molar-refractivity contribution in [2.24, 2.45) is 0 Å². The van der Waals surface area contributed by atoms with Crippen LogP contribution < -0.4 is 10.6 Å². The first-order valence-electron chi connectivity index (χ1n) is 8.12. The third kappa shape index (κ3) is 2.97. The van der Waals surface area contributed by atoms with Crippen molar-refractivity contribution in [2.75, 3.05) is 11.9 Å². The molecule has 2 aromatic heterocycles. The van der Waals surface area contributed by atoms with Gasteiger partial charge in [-0.1, -0.05) is 18.2 Å². The Morgan fingerprint density at radius 2 is 2.21 bits per heavy atom. The number of nitrogens with zero attached hydrogens (tertiary/aromatic N) is 2. The van der Waals surface area contributed by atoms with Crippen LogP contribution in [0.15, 0.2) is 42.0 Å². The van der Waals surface area contributed by atoms with E-state index in [0.717, 1.165) is 29.5 Å². The number of fused-ring (bicyclic) bond motifs is 2. The molecule has 122 valence electrons. The van der Waals surface area contributed by atoms with Crippen LogP contribution in [0.5, 0.6) is 0 Å². The lowest BCUT2D eigenvalue weighted by molar-refractivity contribution is 0.0949. The summed E-state index contributed by atoms with van der Waals surface area (Å²) in [5.41, 5.74) is 3.89. The summed E-state index contributed by atoms with van der Waals surface area (Å²) in [6.07, 6.45) is 4.53. The molecule has 0 bridgehead atoms. The molecule has 3 aromatic rings. The minimum atomic E-state index is -0.124. The van der Waals surface area contributed by atoms with E-state index in [1.807, 2.05) is 11.4 Å². The van der Waals surface area contributed by atoms with E-state index in [0.29, 0.717) is 18.3 Å². The highest BCUT2D eigenvalue weighted by atomic mass is 32.1. The normalized spacial score (nSPS) is 16.4. The van der Waals surface area contributed by atoms with Gasteiger partial charge in [-0.15, -0.1) is 11.3 Å². The number of anilines is 1. The number of para-hydroxylation sites is 1. The number of aryl methyl sites for hydroxylation is 1. The van der Waals surface area contributed by atoms with Gasteiger partial charge in [0.2, 0.25) is 0 Å². The lowest BCUT2D eigenvalue weighted by Gasteiger charge is -2.27. The van der Waals surface area contributed by atoms with Crippen molar-refractivity contribution in [2.45, 2.75) is 25.3 Å². The largest absolute Gasteiger partial charge is 0.382 e. The van der Waals surface area contributed by atoms with E-state index in [1.54, 1.807) is 0 Å². The molecule has 0 saturated carbocycles. The minimum Gasteiger partial charge on any atom is -0.382 e. The third-order valence-electron chi connectivity index (χ3n) is 4.38. The first-order valence-corrected chi connectivity index (χ1v) is 9.00. The van der Waals surface area contributed by atoms with Gasteiger partial charge in [0.1, 0.15) is 12.0 Å². The lowest BCUT2D eigenvalue weighted by Crippen LogP contribution is -2.32. The van der Waals surface area contributed by atoms with Crippen molar-refractivity contribution in [1.82, 2.24) is 15.3 Å². The van der Waals surface area contributed by atoms with Crippen molar-refractivity contribution < 1.29 is 4.79 Å². The van der Waals surface area contributed by atoms with Gasteiger partial charge in [0.05, 0.1) is 10.2 Å². The molecule has 0 radical (unpaired) electrons. The van der Waals surface area contributed by atoms with Crippen LogP contribution in [0, 0.1) is 0 Å². The van der Waals surface area contributed by atoms with Crippen molar-refractivity contribution in [3.63, 3.8) is 0 Å². The molecule has 4 rings (SSSR count).